The van der Waals surface area contributed by atoms with Crippen molar-refractivity contribution in [2.24, 2.45) is 11.8 Å². The van der Waals surface area contributed by atoms with Crippen molar-refractivity contribution in [1.82, 2.24) is 23.9 Å². The van der Waals surface area contributed by atoms with E-state index in [-0.39, 0.29) is 12.1 Å². The van der Waals surface area contributed by atoms with Crippen molar-refractivity contribution in [3.63, 3.8) is 0 Å². The van der Waals surface area contributed by atoms with Gasteiger partial charge in [-0.2, -0.15) is 17.4 Å². The predicted molar refractivity (Wildman–Crippen MR) is 97.5 cm³/mol. The van der Waals surface area contributed by atoms with E-state index in [1.807, 2.05) is 6.20 Å². The van der Waals surface area contributed by atoms with E-state index >= 15 is 0 Å². The van der Waals surface area contributed by atoms with Crippen LogP contribution in [0.4, 0.5) is 0 Å². The second-order valence-corrected chi connectivity index (χ2v) is 9.49. The summed E-state index contributed by atoms with van der Waals surface area (Å²) >= 11 is 0. The van der Waals surface area contributed by atoms with Crippen molar-refractivity contribution >= 4 is 10.2 Å². The van der Waals surface area contributed by atoms with Gasteiger partial charge < -0.3 is 9.72 Å². The summed E-state index contributed by atoms with van der Waals surface area (Å²) in [6.07, 6.45) is 7.59. The van der Waals surface area contributed by atoms with Gasteiger partial charge in [-0.25, -0.2) is 4.98 Å². The van der Waals surface area contributed by atoms with Crippen molar-refractivity contribution in [2.75, 3.05) is 33.4 Å². The lowest BCUT2D eigenvalue weighted by Gasteiger charge is -2.38. The quantitative estimate of drug-likeness (QED) is 0.718. The Morgan fingerprint density at radius 3 is 2.73 bits per heavy atom. The zero-order valence-electron chi connectivity index (χ0n) is 15.3. The average molecular weight is 384 g/mol. The van der Waals surface area contributed by atoms with E-state index in [0.717, 1.165) is 51.1 Å². The summed E-state index contributed by atoms with van der Waals surface area (Å²) in [5, 5.41) is 0. The van der Waals surface area contributed by atoms with Gasteiger partial charge in [-0.05, 0) is 37.5 Å². The Hall–Kier alpha value is -1.00. The lowest BCUT2D eigenvalue weighted by Crippen LogP contribution is -2.56. The van der Waals surface area contributed by atoms with Crippen LogP contribution >= 0.6 is 0 Å². The smallest absolute Gasteiger partial charge is 0.280 e. The molecule has 2 saturated heterocycles. The number of piperidine rings is 1. The SMILES string of the molecule is COCC1CCCN1S(=O)(=O)NC1[C@@H]2CC[C@H]1CN(Cc1ncc[nH]1)C2. The van der Waals surface area contributed by atoms with E-state index in [4.69, 9.17) is 4.74 Å². The van der Waals surface area contributed by atoms with Crippen molar-refractivity contribution in [3.8, 4) is 0 Å². The number of fused-ring (bicyclic) bond motifs is 2. The highest BCUT2D eigenvalue weighted by molar-refractivity contribution is 7.87. The number of imidazole rings is 1. The molecule has 1 aromatic heterocycles. The Kier molecular flexibility index (Phi) is 5.34. The van der Waals surface area contributed by atoms with Crippen LogP contribution in [0, 0.1) is 11.8 Å². The van der Waals surface area contributed by atoms with Gasteiger partial charge in [0.15, 0.2) is 0 Å². The molecule has 2 bridgehead atoms. The van der Waals surface area contributed by atoms with E-state index in [2.05, 4.69) is 19.6 Å². The first kappa shape index (κ1) is 18.4. The summed E-state index contributed by atoms with van der Waals surface area (Å²) in [6.45, 7) is 3.71. The third-order valence-corrected chi connectivity index (χ3v) is 7.78. The Labute approximate surface area is 155 Å². The van der Waals surface area contributed by atoms with Crippen LogP contribution in [0.5, 0.6) is 0 Å². The van der Waals surface area contributed by atoms with E-state index in [1.165, 1.54) is 0 Å². The number of hydrogen-bond acceptors (Lipinski definition) is 5. The van der Waals surface area contributed by atoms with Crippen molar-refractivity contribution in [2.45, 2.75) is 44.3 Å². The number of aromatic nitrogens is 2. The summed E-state index contributed by atoms with van der Waals surface area (Å²) in [5.41, 5.74) is 0. The number of likely N-dealkylation sites (tertiary alicyclic amines) is 1. The third kappa shape index (κ3) is 3.68. The van der Waals surface area contributed by atoms with Crippen LogP contribution in [0.25, 0.3) is 0 Å². The molecule has 3 aliphatic rings. The minimum Gasteiger partial charge on any atom is -0.383 e. The fraction of sp³-hybridized carbons (Fsp3) is 0.824. The van der Waals surface area contributed by atoms with E-state index in [0.29, 0.717) is 25.0 Å². The fourth-order valence-electron chi connectivity index (χ4n) is 4.96. The molecule has 2 aliphatic heterocycles. The van der Waals surface area contributed by atoms with E-state index < -0.39 is 10.2 Å². The highest BCUT2D eigenvalue weighted by Gasteiger charge is 2.45. The number of aromatic amines is 1. The summed E-state index contributed by atoms with van der Waals surface area (Å²) in [7, 11) is -1.83. The van der Waals surface area contributed by atoms with Gasteiger partial charge in [0.25, 0.3) is 10.2 Å². The van der Waals surface area contributed by atoms with Crippen LogP contribution in [-0.4, -0.2) is 73.0 Å². The van der Waals surface area contributed by atoms with Crippen molar-refractivity contribution in [1.29, 1.82) is 0 Å². The first-order valence-corrected chi connectivity index (χ1v) is 11.0. The van der Waals surface area contributed by atoms with E-state index in [9.17, 15) is 8.42 Å². The van der Waals surface area contributed by atoms with Crippen molar-refractivity contribution < 1.29 is 13.2 Å². The maximum absolute atomic E-state index is 13.0. The Balaban J connectivity index is 1.40. The van der Waals surface area contributed by atoms with Gasteiger partial charge >= 0.3 is 0 Å². The molecule has 4 rings (SSSR count). The molecule has 0 aromatic carbocycles. The Morgan fingerprint density at radius 1 is 1.31 bits per heavy atom. The summed E-state index contributed by atoms with van der Waals surface area (Å²) < 4.78 is 35.8. The molecule has 0 amide bonds. The molecule has 3 heterocycles. The first-order chi connectivity index (χ1) is 12.6. The molecule has 146 valence electrons. The first-order valence-electron chi connectivity index (χ1n) is 9.55. The molecule has 1 aliphatic carbocycles. The molecule has 9 heteroatoms. The minimum absolute atomic E-state index is 0.0332. The van der Waals surface area contributed by atoms with Crippen LogP contribution in [0.1, 0.15) is 31.5 Å². The predicted octanol–water partition coefficient (Wildman–Crippen LogP) is 0.565. The Morgan fingerprint density at radius 2 is 2.08 bits per heavy atom. The molecule has 3 fully saturated rings. The van der Waals surface area contributed by atoms with Crippen molar-refractivity contribution in [3.05, 3.63) is 18.2 Å². The second kappa shape index (κ2) is 7.55. The Bertz CT molecular complexity index is 681. The van der Waals surface area contributed by atoms with Crippen LogP contribution < -0.4 is 4.72 Å². The highest BCUT2D eigenvalue weighted by Crippen LogP contribution is 2.38. The number of nitrogens with one attached hydrogen (secondary N) is 2. The standard InChI is InChI=1S/C17H29N5O3S/c1-25-12-15-3-2-8-22(15)26(23,24)20-17-13-4-5-14(17)10-21(9-13)11-16-18-6-7-19-16/h6-7,13-15,17,20H,2-5,8-12H2,1H3,(H,18,19)/t13-,14+,15?,17?. The molecule has 2 N–H and O–H groups in total. The molecular weight excluding hydrogens is 354 g/mol. The maximum Gasteiger partial charge on any atom is 0.280 e. The number of methoxy groups -OCH3 is 1. The molecular formula is C17H29N5O3S. The highest BCUT2D eigenvalue weighted by atomic mass is 32.2. The third-order valence-electron chi connectivity index (χ3n) is 6.11. The van der Waals surface area contributed by atoms with Gasteiger partial charge in [-0.15, -0.1) is 0 Å². The topological polar surface area (TPSA) is 90.6 Å². The molecule has 0 radical (unpaired) electrons. The fourth-order valence-corrected chi connectivity index (χ4v) is 6.75. The zero-order valence-corrected chi connectivity index (χ0v) is 16.1. The monoisotopic (exact) mass is 383 g/mol. The second-order valence-electron chi connectivity index (χ2n) is 7.84. The van der Waals surface area contributed by atoms with E-state index in [1.54, 1.807) is 17.6 Å². The van der Waals surface area contributed by atoms with Crippen LogP contribution in [0.15, 0.2) is 12.4 Å². The van der Waals surface area contributed by atoms with Gasteiger partial charge in [0.2, 0.25) is 0 Å². The molecule has 8 nitrogen and oxygen atoms in total. The molecule has 0 spiro atoms. The number of rotatable bonds is 7. The summed E-state index contributed by atoms with van der Waals surface area (Å²) in [6, 6.07) is 0.0193. The molecule has 2 unspecified atom stereocenters. The molecule has 26 heavy (non-hydrogen) atoms. The largest absolute Gasteiger partial charge is 0.383 e. The maximum atomic E-state index is 13.0. The van der Waals surface area contributed by atoms with Crippen LogP contribution in [-0.2, 0) is 21.5 Å². The lowest BCUT2D eigenvalue weighted by atomic mass is 9.93. The summed E-state index contributed by atoms with van der Waals surface area (Å²) in [5.74, 6) is 1.73. The summed E-state index contributed by atoms with van der Waals surface area (Å²) in [4.78, 5) is 9.86. The number of H-pyrrole nitrogens is 1. The zero-order chi connectivity index (χ0) is 18.1. The minimum atomic E-state index is -3.46. The van der Waals surface area contributed by atoms with Crippen LogP contribution in [0.3, 0.4) is 0 Å². The van der Waals surface area contributed by atoms with Gasteiger partial charge in [0, 0.05) is 51.2 Å². The molecule has 4 atom stereocenters. The van der Waals surface area contributed by atoms with Gasteiger partial charge in [-0.3, -0.25) is 4.90 Å². The normalized spacial score (nSPS) is 33.1. The molecule has 1 saturated carbocycles. The van der Waals surface area contributed by atoms with Gasteiger partial charge in [-0.1, -0.05) is 0 Å². The average Bonchev–Trinajstić information content (AvgIpc) is 3.30. The number of hydrogen-bond donors (Lipinski definition) is 2. The lowest BCUT2D eigenvalue weighted by molar-refractivity contribution is 0.127. The van der Waals surface area contributed by atoms with Gasteiger partial charge in [0.05, 0.1) is 13.2 Å². The van der Waals surface area contributed by atoms with Gasteiger partial charge in [0.1, 0.15) is 5.82 Å². The number of nitrogens with zero attached hydrogens (tertiary/aromatic N) is 3. The molecule has 1 aromatic rings. The number of ether oxygens (including phenoxy) is 1. The van der Waals surface area contributed by atoms with Crippen LogP contribution in [0.2, 0.25) is 0 Å².